The Bertz CT molecular complexity index is 1610. The fourth-order valence-corrected chi connectivity index (χ4v) is 5.97. The molecule has 4 aromatic carbocycles. The normalized spacial score (nSPS) is 20.0. The Balaban J connectivity index is 1.09. The lowest BCUT2D eigenvalue weighted by Gasteiger charge is -2.41. The number of nitrogens with zero attached hydrogens (tertiary/aromatic N) is 3. The van der Waals surface area contributed by atoms with Crippen molar-refractivity contribution in [1.29, 1.82) is 0 Å². The molecule has 2 aliphatic heterocycles. The first kappa shape index (κ1) is 32.1. The highest BCUT2D eigenvalue weighted by Crippen LogP contribution is 2.38. The second kappa shape index (κ2) is 15.2. The Morgan fingerprint density at radius 2 is 1.51 bits per heavy atom. The number of aliphatic hydroxyl groups is 1. The highest BCUT2D eigenvalue weighted by molar-refractivity contribution is 5.89. The zero-order valence-electron chi connectivity index (χ0n) is 26.0. The van der Waals surface area contributed by atoms with Crippen molar-refractivity contribution in [2.24, 2.45) is 0 Å². The van der Waals surface area contributed by atoms with Gasteiger partial charge in [0, 0.05) is 74.8 Å². The van der Waals surface area contributed by atoms with Gasteiger partial charge in [-0.3, -0.25) is 15.0 Å². The van der Waals surface area contributed by atoms with Crippen LogP contribution in [0.4, 0.5) is 21.9 Å². The predicted molar refractivity (Wildman–Crippen MR) is 179 cm³/mol. The minimum absolute atomic E-state index is 0.0172. The third-order valence-electron chi connectivity index (χ3n) is 8.61. The van der Waals surface area contributed by atoms with Gasteiger partial charge >= 0.3 is 6.03 Å². The van der Waals surface area contributed by atoms with Crippen molar-refractivity contribution in [2.75, 3.05) is 42.9 Å². The highest BCUT2D eigenvalue weighted by Gasteiger charge is 2.34. The zero-order chi connectivity index (χ0) is 32.6. The fourth-order valence-electron chi connectivity index (χ4n) is 5.97. The van der Waals surface area contributed by atoms with E-state index in [2.05, 4.69) is 20.4 Å². The molecule has 2 heterocycles. The van der Waals surface area contributed by atoms with Gasteiger partial charge in [0.25, 0.3) is 5.69 Å². The maximum absolute atomic E-state index is 12.5. The van der Waals surface area contributed by atoms with Gasteiger partial charge in [0.15, 0.2) is 6.29 Å². The van der Waals surface area contributed by atoms with Crippen molar-refractivity contribution in [3.63, 3.8) is 0 Å². The van der Waals surface area contributed by atoms with Crippen LogP contribution in [0.25, 0.3) is 0 Å². The molecule has 0 saturated carbocycles. The Morgan fingerprint density at radius 3 is 2.17 bits per heavy atom. The largest absolute Gasteiger partial charge is 0.392 e. The molecule has 3 N–H and O–H groups in total. The third-order valence-corrected chi connectivity index (χ3v) is 8.61. The van der Waals surface area contributed by atoms with Crippen LogP contribution in [0.15, 0.2) is 103 Å². The molecule has 47 heavy (non-hydrogen) atoms. The molecule has 0 spiro atoms. The zero-order valence-corrected chi connectivity index (χ0v) is 26.0. The second-order valence-electron chi connectivity index (χ2n) is 11.8. The van der Waals surface area contributed by atoms with Gasteiger partial charge in [-0.2, -0.15) is 0 Å². The van der Waals surface area contributed by atoms with Crippen LogP contribution < -0.4 is 15.5 Å². The first-order chi connectivity index (χ1) is 22.9. The summed E-state index contributed by atoms with van der Waals surface area (Å²) in [5.41, 5.74) is 5.47. The number of carbonyl (C=O) groups excluding carboxylic acids is 1. The van der Waals surface area contributed by atoms with Crippen LogP contribution in [0.5, 0.6) is 0 Å². The molecule has 2 saturated heterocycles. The Hall–Kier alpha value is -4.81. The van der Waals surface area contributed by atoms with Crippen molar-refractivity contribution in [3.8, 4) is 0 Å². The molecule has 11 nitrogen and oxygen atoms in total. The molecule has 2 amide bonds. The van der Waals surface area contributed by atoms with Crippen molar-refractivity contribution in [2.45, 2.75) is 38.1 Å². The van der Waals surface area contributed by atoms with Gasteiger partial charge in [-0.15, -0.1) is 0 Å². The molecule has 0 bridgehead atoms. The number of nitro benzene ring substituents is 1. The van der Waals surface area contributed by atoms with E-state index in [1.54, 1.807) is 12.1 Å². The maximum atomic E-state index is 12.5. The first-order valence-corrected chi connectivity index (χ1v) is 15.8. The number of urea groups is 1. The number of aliphatic hydroxyl groups excluding tert-OH is 1. The maximum Gasteiger partial charge on any atom is 0.319 e. The SMILES string of the molecule is O=C(NCc1ccccc1)Nc1ccc([C@@H]2O[C@H](CN3CCN(c4ccc([N+](=O)[O-])cc4)CC3)C[C@H](c3ccc(CO)cc3)O2)cc1. The molecule has 11 heteroatoms. The minimum Gasteiger partial charge on any atom is -0.392 e. The van der Waals surface area contributed by atoms with Crippen LogP contribution in [0.2, 0.25) is 0 Å². The monoisotopic (exact) mass is 637 g/mol. The summed E-state index contributed by atoms with van der Waals surface area (Å²) in [5.74, 6) is 0. The van der Waals surface area contributed by atoms with Gasteiger partial charge in [0.2, 0.25) is 0 Å². The van der Waals surface area contributed by atoms with Gasteiger partial charge in [-0.05, 0) is 41.0 Å². The molecule has 244 valence electrons. The van der Waals surface area contributed by atoms with E-state index < -0.39 is 6.29 Å². The van der Waals surface area contributed by atoms with E-state index in [1.165, 1.54) is 0 Å². The molecule has 2 fully saturated rings. The van der Waals surface area contributed by atoms with E-state index in [9.17, 15) is 20.0 Å². The number of piperazine rings is 1. The molecule has 6 rings (SSSR count). The number of anilines is 2. The number of benzene rings is 4. The summed E-state index contributed by atoms with van der Waals surface area (Å²) in [6, 6.07) is 31.5. The van der Waals surface area contributed by atoms with E-state index >= 15 is 0 Å². The van der Waals surface area contributed by atoms with Crippen LogP contribution in [-0.4, -0.2) is 59.8 Å². The second-order valence-corrected chi connectivity index (χ2v) is 11.8. The van der Waals surface area contributed by atoms with Gasteiger partial charge in [-0.1, -0.05) is 66.7 Å². The Morgan fingerprint density at radius 1 is 0.830 bits per heavy atom. The molecule has 0 aromatic heterocycles. The standard InChI is InChI=1S/C36H39N5O6/c42-25-27-6-8-28(9-7-27)34-22-33(24-39-18-20-40(21-19-39)31-14-16-32(17-15-31)41(44)45)46-35(47-34)29-10-12-30(13-11-29)38-36(43)37-23-26-4-2-1-3-5-26/h1-17,33-35,42H,18-25H2,(H2,37,38,43)/t33-,34+,35+/m0/s1. The number of carbonyl (C=O) groups is 1. The Kier molecular flexibility index (Phi) is 10.4. The minimum atomic E-state index is -0.598. The summed E-state index contributed by atoms with van der Waals surface area (Å²) in [5, 5.41) is 26.3. The Labute approximate surface area is 273 Å². The molecule has 0 unspecified atom stereocenters. The highest BCUT2D eigenvalue weighted by atomic mass is 16.7. The third kappa shape index (κ3) is 8.52. The van der Waals surface area contributed by atoms with Crippen LogP contribution in [0.3, 0.4) is 0 Å². The molecule has 0 radical (unpaired) electrons. The van der Waals surface area contributed by atoms with Crippen LogP contribution in [-0.2, 0) is 22.6 Å². The van der Waals surface area contributed by atoms with Gasteiger partial charge in [-0.25, -0.2) is 4.79 Å². The smallest absolute Gasteiger partial charge is 0.319 e. The summed E-state index contributed by atoms with van der Waals surface area (Å²) in [7, 11) is 0. The van der Waals surface area contributed by atoms with Gasteiger partial charge < -0.3 is 30.1 Å². The summed E-state index contributed by atoms with van der Waals surface area (Å²) >= 11 is 0. The van der Waals surface area contributed by atoms with Crippen LogP contribution in [0, 0.1) is 10.1 Å². The number of ether oxygens (including phenoxy) is 2. The molecular formula is C36H39N5O6. The predicted octanol–water partition coefficient (Wildman–Crippen LogP) is 5.78. The van der Waals surface area contributed by atoms with Crippen molar-refractivity contribution in [3.05, 3.63) is 135 Å². The van der Waals surface area contributed by atoms with Crippen LogP contribution in [0.1, 0.15) is 41.1 Å². The van der Waals surface area contributed by atoms with Gasteiger partial charge in [0.1, 0.15) is 0 Å². The summed E-state index contributed by atoms with van der Waals surface area (Å²) in [6.45, 7) is 4.45. The number of hydrogen-bond acceptors (Lipinski definition) is 8. The van der Waals surface area contributed by atoms with Gasteiger partial charge in [0.05, 0.1) is 23.7 Å². The summed E-state index contributed by atoms with van der Waals surface area (Å²) in [4.78, 5) is 27.8. The lowest BCUT2D eigenvalue weighted by Crippen LogP contribution is -2.49. The van der Waals surface area contributed by atoms with E-state index in [1.807, 2.05) is 91.0 Å². The summed E-state index contributed by atoms with van der Waals surface area (Å²) < 4.78 is 13.0. The number of rotatable bonds is 10. The number of nitro groups is 1. The van der Waals surface area contributed by atoms with Crippen molar-refractivity contribution < 1.29 is 24.3 Å². The van der Waals surface area contributed by atoms with Crippen molar-refractivity contribution >= 4 is 23.1 Å². The average Bonchev–Trinajstić information content (AvgIpc) is 3.12. The number of hydrogen-bond donors (Lipinski definition) is 3. The lowest BCUT2D eigenvalue weighted by molar-refractivity contribution is -0.384. The quantitative estimate of drug-likeness (QED) is 0.148. The van der Waals surface area contributed by atoms with E-state index in [4.69, 9.17) is 9.47 Å². The molecule has 0 aliphatic carbocycles. The first-order valence-electron chi connectivity index (χ1n) is 15.8. The van der Waals surface area contributed by atoms with E-state index in [-0.39, 0.29) is 35.5 Å². The summed E-state index contributed by atoms with van der Waals surface area (Å²) in [6.07, 6.45) is -0.212. The number of non-ortho nitro benzene ring substituents is 1. The van der Waals surface area contributed by atoms with Crippen LogP contribution >= 0.6 is 0 Å². The molecule has 3 atom stereocenters. The molecular weight excluding hydrogens is 598 g/mol. The fraction of sp³-hybridized carbons (Fsp3) is 0.306. The number of nitrogens with one attached hydrogen (secondary N) is 2. The number of amides is 2. The van der Waals surface area contributed by atoms with E-state index in [0.29, 0.717) is 18.7 Å². The topological polar surface area (TPSA) is 129 Å². The lowest BCUT2D eigenvalue weighted by atomic mass is 9.99. The van der Waals surface area contributed by atoms with Crippen molar-refractivity contribution in [1.82, 2.24) is 10.2 Å². The average molecular weight is 638 g/mol. The molecule has 4 aromatic rings. The van der Waals surface area contributed by atoms with E-state index in [0.717, 1.165) is 60.7 Å². The molecule has 2 aliphatic rings.